The summed E-state index contributed by atoms with van der Waals surface area (Å²) in [5.74, 6) is 0. The number of aliphatic hydroxyl groups is 1. The van der Waals surface area contributed by atoms with Crippen molar-refractivity contribution in [3.63, 3.8) is 0 Å². The van der Waals surface area contributed by atoms with E-state index in [9.17, 15) is 0 Å². The van der Waals surface area contributed by atoms with Gasteiger partial charge in [-0.05, 0) is 6.42 Å². The van der Waals surface area contributed by atoms with Crippen molar-refractivity contribution in [2.75, 3.05) is 6.61 Å². The van der Waals surface area contributed by atoms with Crippen molar-refractivity contribution in [1.29, 1.82) is 0 Å². The summed E-state index contributed by atoms with van der Waals surface area (Å²) in [4.78, 5) is 0. The second kappa shape index (κ2) is 9.69. The zero-order valence-corrected chi connectivity index (χ0v) is 5.65. The minimum Gasteiger partial charge on any atom is -0.396 e. The summed E-state index contributed by atoms with van der Waals surface area (Å²) < 4.78 is 0. The van der Waals surface area contributed by atoms with Gasteiger partial charge in [0.05, 0.1) is 0 Å². The molecule has 0 aromatic heterocycles. The Morgan fingerprint density at radius 1 is 1.29 bits per heavy atom. The van der Waals surface area contributed by atoms with E-state index in [1.54, 1.807) is 0 Å². The third-order valence-corrected chi connectivity index (χ3v) is 0.762. The molecule has 0 bridgehead atoms. The third-order valence-electron chi connectivity index (χ3n) is 0.762. The minimum atomic E-state index is 0. The van der Waals surface area contributed by atoms with Gasteiger partial charge in [0.25, 0.3) is 0 Å². The van der Waals surface area contributed by atoms with Crippen LogP contribution in [0.1, 0.15) is 26.2 Å². The van der Waals surface area contributed by atoms with Crippen molar-refractivity contribution in [1.82, 2.24) is 0 Å². The SMILES string of the molecule is CCCCCO.[Co]. The molecule has 0 atom stereocenters. The Hall–Kier alpha value is 0.466. The molecule has 1 N–H and O–H groups in total. The Morgan fingerprint density at radius 3 is 2.00 bits per heavy atom. The molecule has 7 heavy (non-hydrogen) atoms. The maximum Gasteiger partial charge on any atom is 0.0431 e. The molecule has 0 heterocycles. The Morgan fingerprint density at radius 2 is 1.86 bits per heavy atom. The molecule has 0 rings (SSSR count). The summed E-state index contributed by atoms with van der Waals surface area (Å²) >= 11 is 0. The van der Waals surface area contributed by atoms with Gasteiger partial charge in [-0.3, -0.25) is 0 Å². The van der Waals surface area contributed by atoms with E-state index in [1.807, 2.05) is 0 Å². The fraction of sp³-hybridized carbons (Fsp3) is 1.00. The van der Waals surface area contributed by atoms with Gasteiger partial charge in [0.2, 0.25) is 0 Å². The predicted molar refractivity (Wildman–Crippen MR) is 26.6 cm³/mol. The van der Waals surface area contributed by atoms with E-state index in [2.05, 4.69) is 6.92 Å². The van der Waals surface area contributed by atoms with Gasteiger partial charge >= 0.3 is 0 Å². The molecule has 0 aliphatic rings. The van der Waals surface area contributed by atoms with Crippen LogP contribution >= 0.6 is 0 Å². The summed E-state index contributed by atoms with van der Waals surface area (Å²) in [6, 6.07) is 0. The zero-order chi connectivity index (χ0) is 4.83. The second-order valence-electron chi connectivity index (χ2n) is 1.43. The standard InChI is InChI=1S/C5H12O.Co/c1-2-3-4-5-6;/h6H,2-5H2,1H3;. The molecular weight excluding hydrogens is 135 g/mol. The number of rotatable bonds is 3. The minimum absolute atomic E-state index is 0. The van der Waals surface area contributed by atoms with Crippen LogP contribution < -0.4 is 0 Å². The van der Waals surface area contributed by atoms with Gasteiger partial charge < -0.3 is 5.11 Å². The Bertz CT molecular complexity index is 20.0. The molecular formula is C5H12CoO. The predicted octanol–water partition coefficient (Wildman–Crippen LogP) is 1.17. The van der Waals surface area contributed by atoms with Gasteiger partial charge in [-0.1, -0.05) is 19.8 Å². The van der Waals surface area contributed by atoms with Gasteiger partial charge in [-0.2, -0.15) is 0 Å². The van der Waals surface area contributed by atoms with Crippen LogP contribution in [-0.4, -0.2) is 11.7 Å². The number of unbranched alkanes of at least 4 members (excludes halogenated alkanes) is 2. The van der Waals surface area contributed by atoms with Crippen molar-refractivity contribution in [3.8, 4) is 0 Å². The van der Waals surface area contributed by atoms with E-state index in [4.69, 9.17) is 5.11 Å². The first-order chi connectivity index (χ1) is 2.91. The molecule has 0 saturated heterocycles. The largest absolute Gasteiger partial charge is 0.396 e. The van der Waals surface area contributed by atoms with Crippen LogP contribution in [0.3, 0.4) is 0 Å². The van der Waals surface area contributed by atoms with Crippen LogP contribution in [0, 0.1) is 0 Å². The summed E-state index contributed by atoms with van der Waals surface area (Å²) in [5, 5.41) is 8.20. The van der Waals surface area contributed by atoms with E-state index >= 15 is 0 Å². The summed E-state index contributed by atoms with van der Waals surface area (Å²) in [6.07, 6.45) is 3.33. The average molecular weight is 147 g/mol. The van der Waals surface area contributed by atoms with Crippen LogP contribution in [0.5, 0.6) is 0 Å². The normalized spacial score (nSPS) is 7.71. The Kier molecular flexibility index (Phi) is 14.5. The summed E-state index contributed by atoms with van der Waals surface area (Å²) in [6.45, 7) is 2.48. The Balaban J connectivity index is 0. The number of aliphatic hydroxyl groups excluding tert-OH is 1. The second-order valence-corrected chi connectivity index (χ2v) is 1.43. The monoisotopic (exact) mass is 147 g/mol. The van der Waals surface area contributed by atoms with Crippen molar-refractivity contribution in [3.05, 3.63) is 0 Å². The van der Waals surface area contributed by atoms with E-state index in [0.717, 1.165) is 12.8 Å². The number of hydrogen-bond acceptors (Lipinski definition) is 1. The molecule has 0 fully saturated rings. The molecule has 47 valence electrons. The van der Waals surface area contributed by atoms with Crippen LogP contribution in [-0.2, 0) is 16.8 Å². The van der Waals surface area contributed by atoms with E-state index in [0.29, 0.717) is 6.61 Å². The molecule has 0 saturated carbocycles. The van der Waals surface area contributed by atoms with Gasteiger partial charge in [0.15, 0.2) is 0 Å². The van der Waals surface area contributed by atoms with Gasteiger partial charge in [0.1, 0.15) is 0 Å². The molecule has 0 spiro atoms. The first-order valence-corrected chi connectivity index (χ1v) is 2.52. The summed E-state index contributed by atoms with van der Waals surface area (Å²) in [5.41, 5.74) is 0. The smallest absolute Gasteiger partial charge is 0.0431 e. The molecule has 0 aliphatic heterocycles. The third kappa shape index (κ3) is 10.7. The number of hydrogen-bond donors (Lipinski definition) is 1. The molecule has 1 nitrogen and oxygen atoms in total. The van der Waals surface area contributed by atoms with Gasteiger partial charge in [-0.25, -0.2) is 0 Å². The topological polar surface area (TPSA) is 20.2 Å². The van der Waals surface area contributed by atoms with E-state index in [1.165, 1.54) is 6.42 Å². The molecule has 0 aromatic carbocycles. The van der Waals surface area contributed by atoms with Gasteiger partial charge in [-0.15, -0.1) is 0 Å². The van der Waals surface area contributed by atoms with Crippen molar-refractivity contribution in [2.24, 2.45) is 0 Å². The quantitative estimate of drug-likeness (QED) is 0.594. The van der Waals surface area contributed by atoms with Crippen molar-refractivity contribution >= 4 is 0 Å². The molecule has 2 heteroatoms. The van der Waals surface area contributed by atoms with Crippen molar-refractivity contribution < 1.29 is 21.9 Å². The molecule has 1 radical (unpaired) electrons. The van der Waals surface area contributed by atoms with Crippen LogP contribution in [0.4, 0.5) is 0 Å². The maximum absolute atomic E-state index is 8.20. The maximum atomic E-state index is 8.20. The van der Waals surface area contributed by atoms with E-state index in [-0.39, 0.29) is 16.8 Å². The molecule has 0 unspecified atom stereocenters. The van der Waals surface area contributed by atoms with Gasteiger partial charge in [0, 0.05) is 23.4 Å². The fourth-order valence-corrected chi connectivity index (χ4v) is 0.362. The van der Waals surface area contributed by atoms with E-state index < -0.39 is 0 Å². The van der Waals surface area contributed by atoms with Crippen LogP contribution in [0.15, 0.2) is 0 Å². The Labute approximate surface area is 55.3 Å². The first kappa shape index (κ1) is 10.4. The molecule has 0 aliphatic carbocycles. The average Bonchev–Trinajstić information content (AvgIpc) is 1.61. The molecule has 0 amide bonds. The zero-order valence-electron chi connectivity index (χ0n) is 4.61. The molecule has 0 aromatic rings. The first-order valence-electron chi connectivity index (χ1n) is 2.52. The van der Waals surface area contributed by atoms with Crippen LogP contribution in [0.2, 0.25) is 0 Å². The van der Waals surface area contributed by atoms with Crippen molar-refractivity contribution in [2.45, 2.75) is 26.2 Å². The summed E-state index contributed by atoms with van der Waals surface area (Å²) in [7, 11) is 0. The van der Waals surface area contributed by atoms with Crippen LogP contribution in [0.25, 0.3) is 0 Å². The fourth-order valence-electron chi connectivity index (χ4n) is 0.362.